The van der Waals surface area contributed by atoms with Crippen molar-refractivity contribution in [2.75, 3.05) is 19.7 Å². The average Bonchev–Trinajstić information content (AvgIpc) is 2.39. The van der Waals surface area contributed by atoms with Crippen molar-refractivity contribution in [3.63, 3.8) is 0 Å². The molecule has 0 unspecified atom stereocenters. The summed E-state index contributed by atoms with van der Waals surface area (Å²) in [7, 11) is 0. The van der Waals surface area contributed by atoms with Gasteiger partial charge in [0.2, 0.25) is 0 Å². The van der Waals surface area contributed by atoms with Gasteiger partial charge in [-0.05, 0) is 26.0 Å². The van der Waals surface area contributed by atoms with Crippen LogP contribution in [0.4, 0.5) is 0 Å². The molecule has 1 aliphatic rings. The first kappa shape index (κ1) is 11.7. The lowest BCUT2D eigenvalue weighted by Gasteiger charge is -2.23. The molecule has 0 radical (unpaired) electrons. The molecule has 1 heterocycles. The van der Waals surface area contributed by atoms with E-state index < -0.39 is 0 Å². The fourth-order valence-electron chi connectivity index (χ4n) is 1.95. The van der Waals surface area contributed by atoms with Crippen LogP contribution in [0.25, 0.3) is 6.08 Å². The normalized spacial score (nSPS) is 13.4. The quantitative estimate of drug-likeness (QED) is 0.799. The fourth-order valence-corrected chi connectivity index (χ4v) is 1.95. The first-order chi connectivity index (χ1) is 8.26. The minimum Gasteiger partial charge on any atom is -0.488 e. The van der Waals surface area contributed by atoms with Crippen LogP contribution in [0.3, 0.4) is 0 Å². The maximum Gasteiger partial charge on any atom is 0.253 e. The Kier molecular flexibility index (Phi) is 3.47. The molecule has 0 saturated heterocycles. The zero-order chi connectivity index (χ0) is 12.3. The van der Waals surface area contributed by atoms with Crippen LogP contribution < -0.4 is 4.74 Å². The monoisotopic (exact) mass is 231 g/mol. The van der Waals surface area contributed by atoms with Gasteiger partial charge in [0.1, 0.15) is 12.4 Å². The first-order valence-corrected chi connectivity index (χ1v) is 5.98. The minimum absolute atomic E-state index is 0.0736. The number of benzene rings is 1. The van der Waals surface area contributed by atoms with Gasteiger partial charge >= 0.3 is 0 Å². The lowest BCUT2D eigenvalue weighted by atomic mass is 10.1. The van der Waals surface area contributed by atoms with E-state index in [1.54, 1.807) is 0 Å². The second-order valence-corrected chi connectivity index (χ2v) is 3.97. The molecule has 0 atom stereocenters. The third-order valence-corrected chi connectivity index (χ3v) is 2.96. The molecular weight excluding hydrogens is 214 g/mol. The predicted octanol–water partition coefficient (Wildman–Crippen LogP) is 2.33. The molecule has 3 heteroatoms. The van der Waals surface area contributed by atoms with Crippen LogP contribution in [0.5, 0.6) is 5.75 Å². The van der Waals surface area contributed by atoms with Crippen molar-refractivity contribution in [3.05, 3.63) is 35.4 Å². The van der Waals surface area contributed by atoms with Gasteiger partial charge in [-0.25, -0.2) is 0 Å². The summed E-state index contributed by atoms with van der Waals surface area (Å²) in [5.41, 5.74) is 1.71. The molecule has 2 rings (SSSR count). The smallest absolute Gasteiger partial charge is 0.253 e. The Balaban J connectivity index is 2.25. The van der Waals surface area contributed by atoms with Crippen molar-refractivity contribution in [2.24, 2.45) is 0 Å². The van der Waals surface area contributed by atoms with Gasteiger partial charge in [0.25, 0.3) is 5.91 Å². The minimum atomic E-state index is 0.0736. The van der Waals surface area contributed by atoms with Crippen LogP contribution in [0.2, 0.25) is 0 Å². The Labute approximate surface area is 102 Å². The number of hydrogen-bond donors (Lipinski definition) is 0. The molecule has 3 nitrogen and oxygen atoms in total. The van der Waals surface area contributed by atoms with Crippen molar-refractivity contribution in [1.29, 1.82) is 0 Å². The van der Waals surface area contributed by atoms with Gasteiger partial charge in [0.15, 0.2) is 0 Å². The number of nitrogens with zero attached hydrogens (tertiary/aromatic N) is 1. The van der Waals surface area contributed by atoms with E-state index >= 15 is 0 Å². The highest BCUT2D eigenvalue weighted by Crippen LogP contribution is 2.26. The van der Waals surface area contributed by atoms with Crippen LogP contribution in [0.1, 0.15) is 19.4 Å². The number of fused-ring (bicyclic) bond motifs is 1. The molecule has 0 saturated carbocycles. The molecule has 0 N–H and O–H groups in total. The molecule has 17 heavy (non-hydrogen) atoms. The Hall–Kier alpha value is -1.77. The number of amides is 1. The second-order valence-electron chi connectivity index (χ2n) is 3.97. The SMILES string of the molecule is CCN(CC)C(=O)C1=Cc2ccccc2OC1. The molecule has 0 aromatic heterocycles. The zero-order valence-corrected chi connectivity index (χ0v) is 10.3. The highest BCUT2D eigenvalue weighted by Gasteiger charge is 2.20. The Morgan fingerprint density at radius 2 is 2.00 bits per heavy atom. The largest absolute Gasteiger partial charge is 0.488 e. The number of para-hydroxylation sites is 1. The van der Waals surface area contributed by atoms with Crippen LogP contribution in [-0.4, -0.2) is 30.5 Å². The number of hydrogen-bond acceptors (Lipinski definition) is 2. The Bertz CT molecular complexity index is 447. The maximum absolute atomic E-state index is 12.1. The van der Waals surface area contributed by atoms with Gasteiger partial charge < -0.3 is 9.64 Å². The van der Waals surface area contributed by atoms with Crippen molar-refractivity contribution >= 4 is 12.0 Å². The molecular formula is C14H17NO2. The van der Waals surface area contributed by atoms with Gasteiger partial charge in [0, 0.05) is 18.7 Å². The van der Waals surface area contributed by atoms with Crippen molar-refractivity contribution < 1.29 is 9.53 Å². The average molecular weight is 231 g/mol. The van der Waals surface area contributed by atoms with Crippen LogP contribution in [-0.2, 0) is 4.79 Å². The third-order valence-electron chi connectivity index (χ3n) is 2.96. The Morgan fingerprint density at radius 1 is 1.29 bits per heavy atom. The van der Waals surface area contributed by atoms with Crippen LogP contribution in [0.15, 0.2) is 29.8 Å². The molecule has 0 aliphatic carbocycles. The Morgan fingerprint density at radius 3 is 2.71 bits per heavy atom. The van der Waals surface area contributed by atoms with E-state index in [0.717, 1.165) is 30.0 Å². The highest BCUT2D eigenvalue weighted by atomic mass is 16.5. The van der Waals surface area contributed by atoms with Crippen molar-refractivity contribution in [2.45, 2.75) is 13.8 Å². The van der Waals surface area contributed by atoms with Crippen LogP contribution >= 0.6 is 0 Å². The molecule has 1 aromatic carbocycles. The third kappa shape index (κ3) is 2.33. The molecule has 0 bridgehead atoms. The number of rotatable bonds is 3. The predicted molar refractivity (Wildman–Crippen MR) is 67.8 cm³/mol. The fraction of sp³-hybridized carbons (Fsp3) is 0.357. The van der Waals surface area contributed by atoms with Crippen molar-refractivity contribution in [3.8, 4) is 5.75 Å². The summed E-state index contributed by atoms with van der Waals surface area (Å²) in [5, 5.41) is 0. The van der Waals surface area contributed by atoms with E-state index in [-0.39, 0.29) is 5.91 Å². The number of carbonyl (C=O) groups excluding carboxylic acids is 1. The second kappa shape index (κ2) is 5.04. The van der Waals surface area contributed by atoms with E-state index in [0.29, 0.717) is 6.61 Å². The first-order valence-electron chi connectivity index (χ1n) is 5.98. The summed E-state index contributed by atoms with van der Waals surface area (Å²) < 4.78 is 5.58. The summed E-state index contributed by atoms with van der Waals surface area (Å²) in [6.45, 7) is 5.80. The van der Waals surface area contributed by atoms with Gasteiger partial charge in [0.05, 0.1) is 5.57 Å². The van der Waals surface area contributed by atoms with E-state index in [1.807, 2.05) is 49.1 Å². The van der Waals surface area contributed by atoms with E-state index in [4.69, 9.17) is 4.74 Å². The number of ether oxygens (including phenoxy) is 1. The summed E-state index contributed by atoms with van der Waals surface area (Å²) in [6.07, 6.45) is 1.93. The standard InChI is InChI=1S/C14H17NO2/c1-3-15(4-2)14(16)12-9-11-7-5-6-8-13(11)17-10-12/h5-9H,3-4,10H2,1-2H3. The van der Waals surface area contributed by atoms with Gasteiger partial charge in [-0.1, -0.05) is 18.2 Å². The van der Waals surface area contributed by atoms with Gasteiger partial charge in [-0.2, -0.15) is 0 Å². The molecule has 1 aromatic rings. The molecule has 0 fully saturated rings. The van der Waals surface area contributed by atoms with Crippen molar-refractivity contribution in [1.82, 2.24) is 4.90 Å². The summed E-state index contributed by atoms with van der Waals surface area (Å²) in [5.74, 6) is 0.924. The molecule has 0 spiro atoms. The summed E-state index contributed by atoms with van der Waals surface area (Å²) in [4.78, 5) is 14.0. The highest BCUT2D eigenvalue weighted by molar-refractivity contribution is 5.99. The van der Waals surface area contributed by atoms with Gasteiger partial charge in [-0.15, -0.1) is 0 Å². The molecule has 1 aliphatic heterocycles. The molecule has 1 amide bonds. The molecule has 90 valence electrons. The van der Waals surface area contributed by atoms with E-state index in [9.17, 15) is 4.79 Å². The maximum atomic E-state index is 12.1. The lowest BCUT2D eigenvalue weighted by Crippen LogP contribution is -2.33. The van der Waals surface area contributed by atoms with E-state index in [2.05, 4.69) is 0 Å². The summed E-state index contributed by atoms with van der Waals surface area (Å²) in [6, 6.07) is 7.77. The van der Waals surface area contributed by atoms with Gasteiger partial charge in [-0.3, -0.25) is 4.79 Å². The zero-order valence-electron chi connectivity index (χ0n) is 10.3. The van der Waals surface area contributed by atoms with Crippen LogP contribution in [0, 0.1) is 0 Å². The summed E-state index contributed by atoms with van der Waals surface area (Å²) >= 11 is 0. The topological polar surface area (TPSA) is 29.5 Å². The van der Waals surface area contributed by atoms with E-state index in [1.165, 1.54) is 0 Å². The lowest BCUT2D eigenvalue weighted by molar-refractivity contribution is -0.127. The number of likely N-dealkylation sites (N-methyl/N-ethyl adjacent to an activating group) is 1. The number of carbonyl (C=O) groups is 1.